The highest BCUT2D eigenvalue weighted by Gasteiger charge is 2.42. The predicted molar refractivity (Wildman–Crippen MR) is 147 cm³/mol. The van der Waals surface area contributed by atoms with Gasteiger partial charge in [-0.2, -0.15) is 4.31 Å². The highest BCUT2D eigenvalue weighted by Crippen LogP contribution is 2.36. The van der Waals surface area contributed by atoms with Gasteiger partial charge in [0.25, 0.3) is 0 Å². The molecule has 3 heterocycles. The fraction of sp³-hybridized carbons (Fsp3) is 0.321. The molecule has 1 aliphatic heterocycles. The Labute approximate surface area is 221 Å². The molecule has 0 radical (unpaired) electrons. The summed E-state index contributed by atoms with van der Waals surface area (Å²) >= 11 is 1.46. The van der Waals surface area contributed by atoms with Crippen LogP contribution in [-0.4, -0.2) is 41.2 Å². The molecule has 1 fully saturated rings. The normalized spacial score (nSPS) is 16.5. The smallest absolute Gasteiger partial charge is 0.247 e. The molecule has 1 aliphatic rings. The Hall–Kier alpha value is -3.14. The van der Waals surface area contributed by atoms with Crippen LogP contribution in [0, 0.1) is 6.92 Å². The van der Waals surface area contributed by atoms with Crippen LogP contribution in [0.2, 0.25) is 0 Å². The summed E-state index contributed by atoms with van der Waals surface area (Å²) in [6.45, 7) is 6.73. The molecule has 7 nitrogen and oxygen atoms in total. The molecule has 1 saturated heterocycles. The number of hydrogen-bond acceptors (Lipinski definition) is 6. The molecule has 1 unspecified atom stereocenters. The molecule has 5 rings (SSSR count). The van der Waals surface area contributed by atoms with Crippen molar-refractivity contribution < 1.29 is 13.2 Å². The zero-order valence-corrected chi connectivity index (χ0v) is 22.8. The number of carbonyl (C=O) groups excluding carboxylic acids is 1. The van der Waals surface area contributed by atoms with E-state index in [0.717, 1.165) is 26.9 Å². The number of benzene rings is 2. The van der Waals surface area contributed by atoms with E-state index in [1.54, 1.807) is 41.6 Å². The number of thiazole rings is 1. The number of rotatable bonds is 7. The maximum Gasteiger partial charge on any atom is 0.247 e. The number of carbonyl (C=O) groups is 1. The lowest BCUT2D eigenvalue weighted by Gasteiger charge is -2.28. The van der Waals surface area contributed by atoms with E-state index in [0.29, 0.717) is 24.5 Å². The third-order valence-corrected chi connectivity index (χ3v) is 9.70. The van der Waals surface area contributed by atoms with Crippen LogP contribution in [0.25, 0.3) is 10.2 Å². The largest absolute Gasteiger partial charge is 0.282 e. The minimum atomic E-state index is -3.82. The van der Waals surface area contributed by atoms with Crippen LogP contribution in [0.4, 0.5) is 5.13 Å². The molecule has 2 aromatic carbocycles. The van der Waals surface area contributed by atoms with E-state index in [1.807, 2.05) is 31.2 Å². The molecule has 192 valence electrons. The first-order valence-electron chi connectivity index (χ1n) is 12.4. The van der Waals surface area contributed by atoms with Gasteiger partial charge in [0.05, 0.1) is 21.7 Å². The third-order valence-electron chi connectivity index (χ3n) is 6.74. The van der Waals surface area contributed by atoms with Gasteiger partial charge in [0, 0.05) is 18.9 Å². The minimum absolute atomic E-state index is 0.207. The fourth-order valence-electron chi connectivity index (χ4n) is 4.75. The lowest BCUT2D eigenvalue weighted by molar-refractivity contribution is -0.121. The molecule has 0 N–H and O–H groups in total. The van der Waals surface area contributed by atoms with Crippen LogP contribution >= 0.6 is 11.3 Å². The van der Waals surface area contributed by atoms with Crippen LogP contribution in [0.5, 0.6) is 0 Å². The SMILES string of the molecule is Cc1ccc(S(=O)(=O)N2CCCC2C(=O)N(Cc2cccnc2)c2nc3c(C(C)C)cccc3s2)cc1. The molecule has 0 bridgehead atoms. The van der Waals surface area contributed by atoms with Crippen molar-refractivity contribution in [2.75, 3.05) is 11.4 Å². The van der Waals surface area contributed by atoms with Crippen molar-refractivity contribution in [3.63, 3.8) is 0 Å². The summed E-state index contributed by atoms with van der Waals surface area (Å²) in [5.74, 6) is 0.0216. The molecule has 37 heavy (non-hydrogen) atoms. The van der Waals surface area contributed by atoms with E-state index in [4.69, 9.17) is 4.98 Å². The monoisotopic (exact) mass is 534 g/mol. The topological polar surface area (TPSA) is 83.5 Å². The van der Waals surface area contributed by atoms with Gasteiger partial charge in [-0.25, -0.2) is 13.4 Å². The van der Waals surface area contributed by atoms with Crippen LogP contribution < -0.4 is 4.90 Å². The average Bonchev–Trinajstić information content (AvgIpc) is 3.55. The molecular formula is C28H30N4O3S2. The first-order chi connectivity index (χ1) is 17.8. The number of nitrogens with zero attached hydrogens (tertiary/aromatic N) is 4. The number of aromatic nitrogens is 2. The lowest BCUT2D eigenvalue weighted by atomic mass is 10.0. The van der Waals surface area contributed by atoms with Gasteiger partial charge in [0.1, 0.15) is 6.04 Å². The van der Waals surface area contributed by atoms with Crippen molar-refractivity contribution in [2.45, 2.75) is 57.0 Å². The number of para-hydroxylation sites is 1. The molecule has 2 aromatic heterocycles. The Morgan fingerprint density at radius 3 is 2.62 bits per heavy atom. The zero-order valence-electron chi connectivity index (χ0n) is 21.2. The molecule has 0 spiro atoms. The summed E-state index contributed by atoms with van der Waals surface area (Å²) in [6.07, 6.45) is 4.51. The van der Waals surface area contributed by atoms with Crippen LogP contribution in [0.3, 0.4) is 0 Å². The second-order valence-electron chi connectivity index (χ2n) is 9.72. The number of amides is 1. The van der Waals surface area contributed by atoms with Crippen molar-refractivity contribution in [2.24, 2.45) is 0 Å². The summed E-state index contributed by atoms with van der Waals surface area (Å²) in [4.78, 5) is 25.1. The Bertz CT molecular complexity index is 1520. The van der Waals surface area contributed by atoms with Gasteiger partial charge in [-0.15, -0.1) is 0 Å². The molecule has 1 atom stereocenters. The second kappa shape index (κ2) is 10.3. The standard InChI is InChI=1S/C28H30N4O3S2/c1-19(2)23-8-4-10-25-26(23)30-28(36-25)31(18-21-7-5-15-29-17-21)27(33)24-9-6-16-32(24)37(34,35)22-13-11-20(3)12-14-22/h4-5,7-8,10-15,17,19,24H,6,9,16,18H2,1-3H3. The van der Waals surface area contributed by atoms with Gasteiger partial charge in [-0.05, 0) is 61.1 Å². The van der Waals surface area contributed by atoms with E-state index in [2.05, 4.69) is 24.9 Å². The van der Waals surface area contributed by atoms with Gasteiger partial charge in [0.2, 0.25) is 15.9 Å². The first-order valence-corrected chi connectivity index (χ1v) is 14.7. The van der Waals surface area contributed by atoms with Crippen molar-refractivity contribution >= 4 is 42.6 Å². The van der Waals surface area contributed by atoms with Crippen molar-refractivity contribution in [1.82, 2.24) is 14.3 Å². The molecule has 0 aliphatic carbocycles. The molecular weight excluding hydrogens is 504 g/mol. The maximum absolute atomic E-state index is 14.2. The van der Waals surface area contributed by atoms with Crippen LogP contribution in [0.1, 0.15) is 49.3 Å². The molecule has 9 heteroatoms. The van der Waals surface area contributed by atoms with E-state index < -0.39 is 16.1 Å². The summed E-state index contributed by atoms with van der Waals surface area (Å²) in [6, 6.07) is 15.8. The molecule has 4 aromatic rings. The van der Waals surface area contributed by atoms with Crippen molar-refractivity contribution in [3.8, 4) is 0 Å². The lowest BCUT2D eigenvalue weighted by Crippen LogP contribution is -2.47. The quantitative estimate of drug-likeness (QED) is 0.312. The highest BCUT2D eigenvalue weighted by atomic mass is 32.2. The minimum Gasteiger partial charge on any atom is -0.282 e. The Kier molecular flexibility index (Phi) is 7.11. The predicted octanol–water partition coefficient (Wildman–Crippen LogP) is 5.51. The Morgan fingerprint density at radius 1 is 1.14 bits per heavy atom. The molecule has 1 amide bonds. The van der Waals surface area contributed by atoms with Crippen LogP contribution in [0.15, 0.2) is 71.9 Å². The number of anilines is 1. The number of fused-ring (bicyclic) bond motifs is 1. The highest BCUT2D eigenvalue weighted by molar-refractivity contribution is 7.89. The van der Waals surface area contributed by atoms with Gasteiger partial charge in [0.15, 0.2) is 5.13 Å². The molecule has 0 saturated carbocycles. The summed E-state index contributed by atoms with van der Waals surface area (Å²) < 4.78 is 29.5. The number of pyridine rings is 1. The maximum atomic E-state index is 14.2. The first kappa shape index (κ1) is 25.5. The van der Waals surface area contributed by atoms with E-state index in [1.165, 1.54) is 15.6 Å². The van der Waals surface area contributed by atoms with Gasteiger partial charge >= 0.3 is 0 Å². The van der Waals surface area contributed by atoms with Gasteiger partial charge in [-0.1, -0.05) is 61.1 Å². The number of sulfonamides is 1. The average molecular weight is 535 g/mol. The second-order valence-corrected chi connectivity index (χ2v) is 12.6. The van der Waals surface area contributed by atoms with Crippen molar-refractivity contribution in [1.29, 1.82) is 0 Å². The fourth-order valence-corrected chi connectivity index (χ4v) is 7.41. The van der Waals surface area contributed by atoms with Gasteiger partial charge in [-0.3, -0.25) is 14.7 Å². The Balaban J connectivity index is 1.54. The number of aryl methyl sites for hydroxylation is 1. The zero-order chi connectivity index (χ0) is 26.2. The van der Waals surface area contributed by atoms with E-state index in [9.17, 15) is 13.2 Å². The van der Waals surface area contributed by atoms with Gasteiger partial charge < -0.3 is 0 Å². The summed E-state index contributed by atoms with van der Waals surface area (Å²) in [5, 5.41) is 0.566. The van der Waals surface area contributed by atoms with E-state index in [-0.39, 0.29) is 23.3 Å². The number of hydrogen-bond donors (Lipinski definition) is 0. The third kappa shape index (κ3) is 5.03. The summed E-state index contributed by atoms with van der Waals surface area (Å²) in [5.41, 5.74) is 3.84. The van der Waals surface area contributed by atoms with Crippen molar-refractivity contribution in [3.05, 3.63) is 83.7 Å². The van der Waals surface area contributed by atoms with Crippen LogP contribution in [-0.2, 0) is 21.4 Å². The van der Waals surface area contributed by atoms with E-state index >= 15 is 0 Å². The summed E-state index contributed by atoms with van der Waals surface area (Å²) in [7, 11) is -3.82. The Morgan fingerprint density at radius 2 is 1.92 bits per heavy atom.